The molecule has 0 unspecified atom stereocenters. The monoisotopic (exact) mass is 237 g/mol. The number of amides is 1. The van der Waals surface area contributed by atoms with E-state index in [1.54, 1.807) is 0 Å². The summed E-state index contributed by atoms with van der Waals surface area (Å²) in [6.45, 7) is 0. The molecule has 2 atom stereocenters. The van der Waals surface area contributed by atoms with E-state index in [1.807, 2.05) is 0 Å². The third-order valence-electron chi connectivity index (χ3n) is 2.01. The summed E-state index contributed by atoms with van der Waals surface area (Å²) in [7, 11) is -2.31. The van der Waals surface area contributed by atoms with Gasteiger partial charge in [0.2, 0.25) is 0 Å². The first-order valence-electron chi connectivity index (χ1n) is 4.13. The molecule has 15 heavy (non-hydrogen) atoms. The number of aliphatic hydroxyl groups excluding tert-OH is 1. The van der Waals surface area contributed by atoms with Crippen molar-refractivity contribution in [3.8, 4) is 0 Å². The smallest absolute Gasteiger partial charge is 0.396 e. The molecule has 7 nitrogen and oxygen atoms in total. The lowest BCUT2D eigenvalue weighted by Crippen LogP contribution is -2.45. The summed E-state index contributed by atoms with van der Waals surface area (Å²) in [5.74, 6) is -2.94. The Labute approximate surface area is 86.3 Å². The van der Waals surface area contributed by atoms with E-state index in [0.29, 0.717) is 0 Å². The maximum atomic E-state index is 11.0. The lowest BCUT2D eigenvalue weighted by molar-refractivity contribution is -0.153. The summed E-state index contributed by atoms with van der Waals surface area (Å²) in [6.07, 6.45) is -1.18. The summed E-state index contributed by atoms with van der Waals surface area (Å²) in [5, 5.41) is 11.4. The zero-order chi connectivity index (χ0) is 11.6. The van der Waals surface area contributed by atoms with Gasteiger partial charge in [-0.25, -0.2) is 13.2 Å². The summed E-state index contributed by atoms with van der Waals surface area (Å²) in [6, 6.07) is -0.943. The highest BCUT2D eigenvalue weighted by Crippen LogP contribution is 2.12. The largest absolute Gasteiger partial charge is 0.462 e. The van der Waals surface area contributed by atoms with E-state index in [-0.39, 0.29) is 5.75 Å². The van der Waals surface area contributed by atoms with Crippen molar-refractivity contribution in [1.29, 1.82) is 0 Å². The molecule has 0 spiro atoms. The number of hydrogen-bond acceptors (Lipinski definition) is 6. The van der Waals surface area contributed by atoms with E-state index in [1.165, 1.54) is 0 Å². The minimum Gasteiger partial charge on any atom is -0.462 e. The van der Waals surface area contributed by atoms with Crippen molar-refractivity contribution in [2.24, 2.45) is 0 Å². The highest BCUT2D eigenvalue weighted by atomic mass is 32.2. The van der Waals surface area contributed by atoms with Crippen LogP contribution >= 0.6 is 0 Å². The van der Waals surface area contributed by atoms with Crippen molar-refractivity contribution < 1.29 is 27.9 Å². The first kappa shape index (κ1) is 11.9. The van der Waals surface area contributed by atoms with Gasteiger partial charge in [-0.2, -0.15) is 0 Å². The average molecular weight is 237 g/mol. The van der Waals surface area contributed by atoms with Gasteiger partial charge in [-0.15, -0.1) is 0 Å². The Bertz CT molecular complexity index is 375. The van der Waals surface area contributed by atoms with Crippen LogP contribution in [0.4, 0.5) is 0 Å². The quantitative estimate of drug-likeness (QED) is 0.383. The summed E-state index contributed by atoms with van der Waals surface area (Å²) >= 11 is 0. The van der Waals surface area contributed by atoms with E-state index in [0.717, 1.165) is 7.11 Å². The Morgan fingerprint density at radius 2 is 2.00 bits per heavy atom. The molecular weight excluding hydrogens is 226 g/mol. The maximum absolute atomic E-state index is 11.0. The van der Waals surface area contributed by atoms with Gasteiger partial charge in [0.1, 0.15) is 0 Å². The molecule has 0 saturated carbocycles. The Kier molecular flexibility index (Phi) is 3.30. The van der Waals surface area contributed by atoms with Gasteiger partial charge >= 0.3 is 11.9 Å². The van der Waals surface area contributed by atoms with E-state index < -0.39 is 39.6 Å². The first-order chi connectivity index (χ1) is 6.85. The van der Waals surface area contributed by atoms with Crippen LogP contribution in [0.2, 0.25) is 0 Å². The third-order valence-corrected chi connectivity index (χ3v) is 3.73. The van der Waals surface area contributed by atoms with Crippen LogP contribution in [0.3, 0.4) is 0 Å². The van der Waals surface area contributed by atoms with E-state index in [2.05, 4.69) is 10.1 Å². The standard InChI is InChI=1S/C7H11NO6S/c1-14-7(11)6(10)8-4-2-15(12,13)3-5(4)9/h4-5,9H,2-3H2,1H3,(H,8,10)/t4-,5-/m0/s1. The molecule has 0 radical (unpaired) electrons. The first-order valence-corrected chi connectivity index (χ1v) is 5.95. The number of carbonyl (C=O) groups is 2. The number of esters is 1. The van der Waals surface area contributed by atoms with Gasteiger partial charge < -0.3 is 15.2 Å². The fraction of sp³-hybridized carbons (Fsp3) is 0.714. The number of methoxy groups -OCH3 is 1. The second kappa shape index (κ2) is 4.15. The molecule has 0 aromatic carbocycles. The highest BCUT2D eigenvalue weighted by Gasteiger charge is 2.38. The zero-order valence-corrected chi connectivity index (χ0v) is 8.78. The summed E-state index contributed by atoms with van der Waals surface area (Å²) in [5.41, 5.74) is 0. The minimum atomic E-state index is -3.34. The van der Waals surface area contributed by atoms with Crippen LogP contribution in [0, 0.1) is 0 Å². The minimum absolute atomic E-state index is 0.364. The van der Waals surface area contributed by atoms with Crippen molar-refractivity contribution in [2.45, 2.75) is 12.1 Å². The Balaban J connectivity index is 2.61. The third kappa shape index (κ3) is 2.90. The van der Waals surface area contributed by atoms with E-state index in [4.69, 9.17) is 0 Å². The van der Waals surface area contributed by atoms with Crippen LogP contribution in [-0.2, 0) is 24.2 Å². The van der Waals surface area contributed by atoms with Crippen LogP contribution in [0.1, 0.15) is 0 Å². The SMILES string of the molecule is COC(=O)C(=O)N[C@H]1CS(=O)(=O)C[C@@H]1O. The summed E-state index contributed by atoms with van der Waals surface area (Å²) < 4.78 is 26.2. The summed E-state index contributed by atoms with van der Waals surface area (Å²) in [4.78, 5) is 21.7. The van der Waals surface area contributed by atoms with Crippen molar-refractivity contribution in [1.82, 2.24) is 5.32 Å². The number of nitrogens with one attached hydrogen (secondary N) is 1. The number of hydrogen-bond donors (Lipinski definition) is 2. The molecule has 1 heterocycles. The van der Waals surface area contributed by atoms with Crippen LogP contribution in [-0.4, -0.2) is 56.2 Å². The van der Waals surface area contributed by atoms with Crippen LogP contribution in [0.5, 0.6) is 0 Å². The Morgan fingerprint density at radius 1 is 1.40 bits per heavy atom. The van der Waals surface area contributed by atoms with Gasteiger partial charge in [-0.1, -0.05) is 0 Å². The number of aliphatic hydroxyl groups is 1. The van der Waals surface area contributed by atoms with Crippen molar-refractivity contribution in [3.05, 3.63) is 0 Å². The molecule has 2 N–H and O–H groups in total. The molecule has 86 valence electrons. The number of ether oxygens (including phenoxy) is 1. The molecular formula is C7H11NO6S. The van der Waals surface area contributed by atoms with Gasteiger partial charge in [0.15, 0.2) is 9.84 Å². The number of rotatable bonds is 1. The van der Waals surface area contributed by atoms with Gasteiger partial charge in [0, 0.05) is 0 Å². The van der Waals surface area contributed by atoms with Crippen molar-refractivity contribution >= 4 is 21.7 Å². The number of carbonyl (C=O) groups excluding carboxylic acids is 2. The maximum Gasteiger partial charge on any atom is 0.396 e. The predicted octanol–water partition coefficient (Wildman–Crippen LogP) is -2.57. The molecule has 1 fully saturated rings. The van der Waals surface area contributed by atoms with Crippen molar-refractivity contribution in [2.75, 3.05) is 18.6 Å². The van der Waals surface area contributed by atoms with Gasteiger partial charge in [0.25, 0.3) is 0 Å². The Morgan fingerprint density at radius 3 is 2.40 bits per heavy atom. The van der Waals surface area contributed by atoms with Crippen LogP contribution in [0.25, 0.3) is 0 Å². The normalized spacial score (nSPS) is 28.4. The van der Waals surface area contributed by atoms with E-state index >= 15 is 0 Å². The van der Waals surface area contributed by atoms with Gasteiger partial charge in [0.05, 0.1) is 30.8 Å². The molecule has 0 aliphatic carbocycles. The van der Waals surface area contributed by atoms with Crippen LogP contribution < -0.4 is 5.32 Å². The molecule has 0 aromatic heterocycles. The second-order valence-corrected chi connectivity index (χ2v) is 5.37. The fourth-order valence-corrected chi connectivity index (χ4v) is 3.03. The van der Waals surface area contributed by atoms with Gasteiger partial charge in [-0.05, 0) is 0 Å². The van der Waals surface area contributed by atoms with E-state index in [9.17, 15) is 23.1 Å². The topological polar surface area (TPSA) is 110 Å². The molecule has 0 aromatic rings. The van der Waals surface area contributed by atoms with Gasteiger partial charge in [-0.3, -0.25) is 4.79 Å². The Hall–Kier alpha value is -1.15. The highest BCUT2D eigenvalue weighted by molar-refractivity contribution is 7.91. The zero-order valence-electron chi connectivity index (χ0n) is 7.97. The molecule has 1 aliphatic heterocycles. The molecule has 8 heteroatoms. The lowest BCUT2D eigenvalue weighted by Gasteiger charge is -2.13. The molecule has 1 aliphatic rings. The molecule has 1 amide bonds. The lowest BCUT2D eigenvalue weighted by atomic mass is 10.2. The average Bonchev–Trinajstić information content (AvgIpc) is 2.38. The molecule has 0 bridgehead atoms. The number of sulfone groups is 1. The second-order valence-electron chi connectivity index (χ2n) is 3.22. The fourth-order valence-electron chi connectivity index (χ4n) is 1.29. The molecule has 1 saturated heterocycles. The van der Waals surface area contributed by atoms with Crippen molar-refractivity contribution in [3.63, 3.8) is 0 Å². The predicted molar refractivity (Wildman–Crippen MR) is 48.6 cm³/mol. The van der Waals surface area contributed by atoms with Crippen LogP contribution in [0.15, 0.2) is 0 Å². The molecule has 1 rings (SSSR count).